The highest BCUT2D eigenvalue weighted by Crippen LogP contribution is 2.36. The first-order valence-corrected chi connectivity index (χ1v) is 7.12. The van der Waals surface area contributed by atoms with Crippen LogP contribution in [0.15, 0.2) is 30.5 Å². The average molecular weight is 315 g/mol. The van der Waals surface area contributed by atoms with Crippen LogP contribution in [0.5, 0.6) is 0 Å². The lowest BCUT2D eigenvalue weighted by atomic mass is 10.1. The van der Waals surface area contributed by atoms with Crippen molar-refractivity contribution in [3.8, 4) is 0 Å². The van der Waals surface area contributed by atoms with Gasteiger partial charge in [0.1, 0.15) is 0 Å². The molecule has 0 aliphatic heterocycles. The van der Waals surface area contributed by atoms with Crippen molar-refractivity contribution in [3.63, 3.8) is 0 Å². The molecule has 1 N–H and O–H groups in total. The van der Waals surface area contributed by atoms with E-state index < -0.39 is 11.2 Å². The van der Waals surface area contributed by atoms with Gasteiger partial charge >= 0.3 is 6.18 Å². The van der Waals surface area contributed by atoms with Crippen LogP contribution in [0, 0.1) is 0 Å². The molecule has 0 spiro atoms. The third-order valence-corrected chi connectivity index (χ3v) is 4.17. The number of hydrogen-bond donors (Lipinski definition) is 1. The van der Waals surface area contributed by atoms with E-state index in [0.717, 1.165) is 11.3 Å². The van der Waals surface area contributed by atoms with Crippen molar-refractivity contribution in [1.29, 1.82) is 0 Å². The minimum atomic E-state index is -4.40. The fraction of sp³-hybridized carbons (Fsp3) is 0.357. The zero-order chi connectivity index (χ0) is 15.6. The summed E-state index contributed by atoms with van der Waals surface area (Å²) < 4.78 is 38.0. The number of anilines is 1. The van der Waals surface area contributed by atoms with Gasteiger partial charge in [0.05, 0.1) is 6.04 Å². The van der Waals surface area contributed by atoms with E-state index in [-0.39, 0.29) is 6.04 Å². The molecule has 21 heavy (non-hydrogen) atoms. The molecule has 3 nitrogen and oxygen atoms in total. The van der Waals surface area contributed by atoms with Gasteiger partial charge in [0, 0.05) is 30.9 Å². The fourth-order valence-corrected chi connectivity index (χ4v) is 2.93. The summed E-state index contributed by atoms with van der Waals surface area (Å²) in [5, 5.41) is 2.23. The first-order valence-electron chi connectivity index (χ1n) is 6.30. The van der Waals surface area contributed by atoms with Crippen molar-refractivity contribution in [3.05, 3.63) is 45.9 Å². The van der Waals surface area contributed by atoms with E-state index in [4.69, 9.17) is 0 Å². The molecule has 2 aromatic rings. The van der Waals surface area contributed by atoms with E-state index >= 15 is 0 Å². The molecule has 0 radical (unpaired) electrons. The van der Waals surface area contributed by atoms with Crippen LogP contribution in [0.4, 0.5) is 18.9 Å². The van der Waals surface area contributed by atoms with Gasteiger partial charge < -0.3 is 10.2 Å². The average Bonchev–Trinajstić information content (AvgIpc) is 2.89. The van der Waals surface area contributed by atoms with E-state index in [9.17, 15) is 13.2 Å². The molecule has 0 aliphatic rings. The third-order valence-electron chi connectivity index (χ3n) is 3.06. The van der Waals surface area contributed by atoms with Gasteiger partial charge in [-0.2, -0.15) is 13.2 Å². The van der Waals surface area contributed by atoms with E-state index in [1.54, 1.807) is 7.05 Å². The highest BCUT2D eigenvalue weighted by atomic mass is 32.1. The number of aromatic nitrogens is 1. The normalized spacial score (nSPS) is 13.2. The van der Waals surface area contributed by atoms with Gasteiger partial charge in [-0.05, 0) is 24.7 Å². The van der Waals surface area contributed by atoms with Gasteiger partial charge in [0.2, 0.25) is 0 Å². The Morgan fingerprint density at radius 3 is 2.52 bits per heavy atom. The first kappa shape index (κ1) is 15.8. The van der Waals surface area contributed by atoms with Crippen molar-refractivity contribution in [2.45, 2.75) is 12.2 Å². The summed E-state index contributed by atoms with van der Waals surface area (Å²) in [5.74, 6) is 0. The maximum Gasteiger partial charge on any atom is 0.443 e. The lowest BCUT2D eigenvalue weighted by Crippen LogP contribution is -2.17. The molecule has 7 heteroatoms. The zero-order valence-electron chi connectivity index (χ0n) is 11.9. The number of thiazole rings is 1. The van der Waals surface area contributed by atoms with Crippen LogP contribution in [-0.4, -0.2) is 26.1 Å². The van der Waals surface area contributed by atoms with Gasteiger partial charge in [-0.3, -0.25) is 0 Å². The highest BCUT2D eigenvalue weighted by Gasteiger charge is 2.35. The summed E-state index contributed by atoms with van der Waals surface area (Å²) >= 11 is 0.669. The number of benzene rings is 1. The van der Waals surface area contributed by atoms with Crippen LogP contribution in [-0.2, 0) is 6.18 Å². The molecule has 0 aliphatic carbocycles. The van der Waals surface area contributed by atoms with E-state index in [1.807, 2.05) is 43.3 Å². The molecule has 2 rings (SSSR count). The van der Waals surface area contributed by atoms with Gasteiger partial charge in [0.25, 0.3) is 0 Å². The molecule has 0 saturated heterocycles. The number of rotatable bonds is 4. The lowest BCUT2D eigenvalue weighted by molar-refractivity contribution is -0.137. The number of alkyl halides is 3. The highest BCUT2D eigenvalue weighted by molar-refractivity contribution is 7.11. The summed E-state index contributed by atoms with van der Waals surface area (Å²) in [6.07, 6.45) is -3.11. The SMILES string of the molecule is CNC(c1cccc(N(C)C)c1)c1cnc(C(F)(F)F)s1. The predicted octanol–water partition coefficient (Wildman–Crippen LogP) is 3.54. The molecule has 1 aromatic heterocycles. The molecule has 0 saturated carbocycles. The van der Waals surface area contributed by atoms with Crippen molar-refractivity contribution in [1.82, 2.24) is 10.3 Å². The summed E-state index contributed by atoms with van der Waals surface area (Å²) in [6.45, 7) is 0. The Balaban J connectivity index is 2.35. The molecule has 1 aromatic carbocycles. The third kappa shape index (κ3) is 3.54. The summed E-state index contributed by atoms with van der Waals surface area (Å²) in [7, 11) is 5.56. The number of halogens is 3. The first-order chi connectivity index (χ1) is 9.82. The molecule has 1 atom stereocenters. The molecular formula is C14H16F3N3S. The number of hydrogen-bond acceptors (Lipinski definition) is 4. The molecular weight excluding hydrogens is 299 g/mol. The minimum absolute atomic E-state index is 0.307. The second-order valence-electron chi connectivity index (χ2n) is 4.78. The summed E-state index contributed by atoms with van der Waals surface area (Å²) in [4.78, 5) is 5.97. The molecule has 0 amide bonds. The standard InChI is InChI=1S/C14H16F3N3S/c1-18-12(9-5-4-6-10(7-9)20(2)3)11-8-19-13(21-11)14(15,16)17/h4-8,12,18H,1-3H3. The van der Waals surface area contributed by atoms with E-state index in [2.05, 4.69) is 10.3 Å². The zero-order valence-corrected chi connectivity index (χ0v) is 12.7. The molecule has 114 valence electrons. The maximum absolute atomic E-state index is 12.7. The Kier molecular flexibility index (Phi) is 4.53. The summed E-state index contributed by atoms with van der Waals surface area (Å²) in [5.41, 5.74) is 1.90. The van der Waals surface area contributed by atoms with Crippen molar-refractivity contribution in [2.75, 3.05) is 26.0 Å². The Morgan fingerprint density at radius 2 is 2.00 bits per heavy atom. The van der Waals surface area contributed by atoms with Gasteiger partial charge in [-0.15, -0.1) is 11.3 Å². The Hall–Kier alpha value is -1.60. The minimum Gasteiger partial charge on any atom is -0.378 e. The second kappa shape index (κ2) is 6.03. The van der Waals surface area contributed by atoms with Crippen LogP contribution < -0.4 is 10.2 Å². The maximum atomic E-state index is 12.7. The van der Waals surface area contributed by atoms with Crippen molar-refractivity contribution >= 4 is 17.0 Å². The monoisotopic (exact) mass is 315 g/mol. The smallest absolute Gasteiger partial charge is 0.378 e. The molecule has 0 fully saturated rings. The molecule has 1 unspecified atom stereocenters. The predicted molar refractivity (Wildman–Crippen MR) is 78.8 cm³/mol. The van der Waals surface area contributed by atoms with Crippen LogP contribution in [0.1, 0.15) is 21.5 Å². The second-order valence-corrected chi connectivity index (χ2v) is 5.84. The fourth-order valence-electron chi connectivity index (χ4n) is 2.01. The summed E-state index contributed by atoms with van der Waals surface area (Å²) in [6, 6.07) is 7.37. The van der Waals surface area contributed by atoms with E-state index in [1.165, 1.54) is 6.20 Å². The van der Waals surface area contributed by atoms with Crippen molar-refractivity contribution in [2.24, 2.45) is 0 Å². The molecule has 1 heterocycles. The Morgan fingerprint density at radius 1 is 1.29 bits per heavy atom. The van der Waals surface area contributed by atoms with Crippen LogP contribution in [0.25, 0.3) is 0 Å². The van der Waals surface area contributed by atoms with Crippen LogP contribution in [0.2, 0.25) is 0 Å². The largest absolute Gasteiger partial charge is 0.443 e. The topological polar surface area (TPSA) is 28.2 Å². The Bertz CT molecular complexity index is 608. The van der Waals surface area contributed by atoms with Gasteiger partial charge in [-0.1, -0.05) is 12.1 Å². The van der Waals surface area contributed by atoms with Crippen molar-refractivity contribution < 1.29 is 13.2 Å². The van der Waals surface area contributed by atoms with Gasteiger partial charge in [-0.25, -0.2) is 4.98 Å². The van der Waals surface area contributed by atoms with Gasteiger partial charge in [0.15, 0.2) is 5.01 Å². The number of nitrogens with one attached hydrogen (secondary N) is 1. The van der Waals surface area contributed by atoms with Crippen LogP contribution in [0.3, 0.4) is 0 Å². The van der Waals surface area contributed by atoms with Crippen LogP contribution >= 0.6 is 11.3 Å². The van der Waals surface area contributed by atoms with E-state index in [0.29, 0.717) is 16.2 Å². The molecule has 0 bridgehead atoms. The quantitative estimate of drug-likeness (QED) is 0.935. The Labute approximate surface area is 125 Å². The lowest BCUT2D eigenvalue weighted by Gasteiger charge is -2.18. The number of nitrogens with zero attached hydrogens (tertiary/aromatic N) is 2.